The molecule has 0 unspecified atom stereocenters. The number of anilines is 1. The van der Waals surface area contributed by atoms with Crippen molar-refractivity contribution in [2.75, 3.05) is 44.2 Å². The van der Waals surface area contributed by atoms with Gasteiger partial charge in [0.05, 0.1) is 13.2 Å². The maximum absolute atomic E-state index is 13.6. The first kappa shape index (κ1) is 28.9. The molecule has 2 aliphatic rings. The van der Waals surface area contributed by atoms with Gasteiger partial charge in [0, 0.05) is 49.5 Å². The van der Waals surface area contributed by atoms with E-state index < -0.39 is 0 Å². The van der Waals surface area contributed by atoms with Crippen molar-refractivity contribution in [3.05, 3.63) is 59.2 Å². The Morgan fingerprint density at radius 3 is 2.62 bits per heavy atom. The van der Waals surface area contributed by atoms with Crippen LogP contribution in [0.2, 0.25) is 0 Å². The lowest BCUT2D eigenvalue weighted by Crippen LogP contribution is -2.38. The van der Waals surface area contributed by atoms with Crippen LogP contribution in [0.25, 0.3) is 0 Å². The molecule has 2 aliphatic heterocycles. The molecule has 2 heterocycles. The summed E-state index contributed by atoms with van der Waals surface area (Å²) in [7, 11) is 0. The lowest BCUT2D eigenvalue weighted by Gasteiger charge is -2.29. The summed E-state index contributed by atoms with van der Waals surface area (Å²) in [5, 5.41) is 6.22. The number of rotatable bonds is 7. The SMILES string of the molecule is CC(C)CCN1CC(=O)NCCCCCOc2cccc(C(=O)NCc3cccc(N4CCCCC4)c3)c2C1. The summed E-state index contributed by atoms with van der Waals surface area (Å²) in [6, 6.07) is 14.2. The number of nitrogens with zero attached hydrogens (tertiary/aromatic N) is 2. The smallest absolute Gasteiger partial charge is 0.252 e. The van der Waals surface area contributed by atoms with Gasteiger partial charge in [-0.15, -0.1) is 0 Å². The van der Waals surface area contributed by atoms with E-state index in [1.54, 1.807) is 0 Å². The third-order valence-corrected chi connectivity index (χ3v) is 7.63. The fraction of sp³-hybridized carbons (Fsp3) is 0.562. The van der Waals surface area contributed by atoms with Crippen LogP contribution in [0.1, 0.15) is 80.3 Å². The highest BCUT2D eigenvalue weighted by Gasteiger charge is 2.21. The molecule has 0 bridgehead atoms. The molecule has 2 aromatic rings. The van der Waals surface area contributed by atoms with Crippen molar-refractivity contribution in [1.82, 2.24) is 15.5 Å². The first-order valence-corrected chi connectivity index (χ1v) is 14.9. The van der Waals surface area contributed by atoms with Gasteiger partial charge < -0.3 is 20.3 Å². The summed E-state index contributed by atoms with van der Waals surface area (Å²) >= 11 is 0. The Bertz CT molecular complexity index is 1080. The minimum absolute atomic E-state index is 0.0380. The topological polar surface area (TPSA) is 73.9 Å². The molecule has 2 amide bonds. The molecule has 1 saturated heterocycles. The molecule has 7 nitrogen and oxygen atoms in total. The fourth-order valence-corrected chi connectivity index (χ4v) is 5.32. The van der Waals surface area contributed by atoms with Crippen LogP contribution in [0, 0.1) is 5.92 Å². The van der Waals surface area contributed by atoms with Crippen LogP contribution >= 0.6 is 0 Å². The Hall–Kier alpha value is -3.06. The van der Waals surface area contributed by atoms with Gasteiger partial charge in [-0.1, -0.05) is 32.0 Å². The van der Waals surface area contributed by atoms with Gasteiger partial charge in [-0.25, -0.2) is 0 Å². The van der Waals surface area contributed by atoms with Crippen molar-refractivity contribution in [2.24, 2.45) is 5.92 Å². The van der Waals surface area contributed by atoms with E-state index >= 15 is 0 Å². The van der Waals surface area contributed by atoms with Gasteiger partial charge in [-0.3, -0.25) is 14.5 Å². The summed E-state index contributed by atoms with van der Waals surface area (Å²) in [5.74, 6) is 1.18. The average Bonchev–Trinajstić information content (AvgIpc) is 2.96. The fourth-order valence-electron chi connectivity index (χ4n) is 5.32. The van der Waals surface area contributed by atoms with Crippen molar-refractivity contribution in [3.8, 4) is 5.75 Å². The maximum atomic E-state index is 13.6. The highest BCUT2D eigenvalue weighted by Crippen LogP contribution is 2.26. The molecule has 2 N–H and O–H groups in total. The Labute approximate surface area is 234 Å². The third-order valence-electron chi connectivity index (χ3n) is 7.63. The second kappa shape index (κ2) is 14.9. The van der Waals surface area contributed by atoms with Crippen molar-refractivity contribution in [3.63, 3.8) is 0 Å². The van der Waals surface area contributed by atoms with Gasteiger partial charge in [0.25, 0.3) is 5.91 Å². The van der Waals surface area contributed by atoms with Crippen LogP contribution in [0.4, 0.5) is 5.69 Å². The number of piperidine rings is 1. The van der Waals surface area contributed by atoms with Gasteiger partial charge >= 0.3 is 0 Å². The normalized spacial score (nSPS) is 17.7. The summed E-state index contributed by atoms with van der Waals surface area (Å²) in [6.07, 6.45) is 7.59. The molecule has 0 aliphatic carbocycles. The second-order valence-corrected chi connectivity index (χ2v) is 11.3. The number of amides is 2. The van der Waals surface area contributed by atoms with Crippen molar-refractivity contribution in [1.29, 1.82) is 0 Å². The summed E-state index contributed by atoms with van der Waals surface area (Å²) in [6.45, 7) is 9.91. The van der Waals surface area contributed by atoms with Gasteiger partial charge in [0.15, 0.2) is 0 Å². The number of nitrogens with one attached hydrogen (secondary N) is 2. The predicted octanol–water partition coefficient (Wildman–Crippen LogP) is 5.13. The van der Waals surface area contributed by atoms with E-state index in [2.05, 4.69) is 58.5 Å². The molecule has 7 heteroatoms. The monoisotopic (exact) mass is 534 g/mol. The molecule has 2 aromatic carbocycles. The molecule has 0 spiro atoms. The first-order chi connectivity index (χ1) is 19.0. The van der Waals surface area contributed by atoms with Gasteiger partial charge in [0.1, 0.15) is 5.75 Å². The highest BCUT2D eigenvalue weighted by molar-refractivity contribution is 5.96. The molecule has 39 heavy (non-hydrogen) atoms. The van der Waals surface area contributed by atoms with E-state index in [9.17, 15) is 9.59 Å². The average molecular weight is 535 g/mol. The Kier molecular flexibility index (Phi) is 11.1. The third kappa shape index (κ3) is 8.99. The minimum Gasteiger partial charge on any atom is -0.493 e. The zero-order chi connectivity index (χ0) is 27.5. The zero-order valence-electron chi connectivity index (χ0n) is 23.8. The van der Waals surface area contributed by atoms with E-state index in [4.69, 9.17) is 4.74 Å². The van der Waals surface area contributed by atoms with E-state index in [-0.39, 0.29) is 11.8 Å². The Morgan fingerprint density at radius 1 is 1.00 bits per heavy atom. The minimum atomic E-state index is -0.114. The van der Waals surface area contributed by atoms with Crippen molar-refractivity contribution in [2.45, 2.75) is 71.9 Å². The molecule has 0 atom stereocenters. The predicted molar refractivity (Wildman–Crippen MR) is 157 cm³/mol. The van der Waals surface area contributed by atoms with Crippen molar-refractivity contribution >= 4 is 17.5 Å². The molecule has 4 rings (SSSR count). The van der Waals surface area contributed by atoms with Crippen molar-refractivity contribution < 1.29 is 14.3 Å². The Balaban J connectivity index is 1.52. The standard InChI is InChI=1S/C32H46N4O3/c1-25(2)15-19-35-23-29-28(13-10-14-30(29)39-20-8-3-5-16-33-31(37)24-35)32(38)34-22-26-11-9-12-27(21-26)36-17-6-4-7-18-36/h9-14,21,25H,3-8,15-20,22-24H2,1-2H3,(H,33,37)(H,34,38). The second-order valence-electron chi connectivity index (χ2n) is 11.3. The highest BCUT2D eigenvalue weighted by atomic mass is 16.5. The number of carbonyl (C=O) groups is 2. The molecule has 1 fully saturated rings. The quantitative estimate of drug-likeness (QED) is 0.515. The lowest BCUT2D eigenvalue weighted by atomic mass is 10.0. The van der Waals surface area contributed by atoms with Crippen LogP contribution in [0.3, 0.4) is 0 Å². The molecular weight excluding hydrogens is 488 g/mol. The molecule has 212 valence electrons. The number of hydrogen-bond donors (Lipinski definition) is 2. The van der Waals surface area contributed by atoms with Gasteiger partial charge in [-0.2, -0.15) is 0 Å². The van der Waals surface area contributed by atoms with E-state index in [0.717, 1.165) is 62.2 Å². The number of hydrogen-bond acceptors (Lipinski definition) is 5. The molecule has 0 aromatic heterocycles. The molecule has 0 saturated carbocycles. The van der Waals surface area contributed by atoms with Gasteiger partial charge in [0.2, 0.25) is 5.91 Å². The van der Waals surface area contributed by atoms with Crippen LogP contribution < -0.4 is 20.3 Å². The molecule has 0 radical (unpaired) electrons. The number of benzene rings is 2. The Morgan fingerprint density at radius 2 is 1.79 bits per heavy atom. The van der Waals surface area contributed by atoms with Crippen LogP contribution in [-0.4, -0.2) is 56.0 Å². The first-order valence-electron chi connectivity index (χ1n) is 14.9. The summed E-state index contributed by atoms with van der Waals surface area (Å²) in [4.78, 5) is 30.9. The van der Waals surface area contributed by atoms with Crippen LogP contribution in [0.5, 0.6) is 5.75 Å². The summed E-state index contributed by atoms with van der Waals surface area (Å²) < 4.78 is 6.22. The van der Waals surface area contributed by atoms with Crippen LogP contribution in [-0.2, 0) is 17.9 Å². The molecular formula is C32H46N4O3. The number of ether oxygens (including phenoxy) is 1. The van der Waals surface area contributed by atoms with Gasteiger partial charge in [-0.05, 0) is 87.2 Å². The number of carbonyl (C=O) groups excluding carboxylic acids is 2. The van der Waals surface area contributed by atoms with Crippen LogP contribution in [0.15, 0.2) is 42.5 Å². The lowest BCUT2D eigenvalue weighted by molar-refractivity contribution is -0.122. The zero-order valence-corrected chi connectivity index (χ0v) is 23.8. The largest absolute Gasteiger partial charge is 0.493 e. The maximum Gasteiger partial charge on any atom is 0.252 e. The summed E-state index contributed by atoms with van der Waals surface area (Å²) in [5.41, 5.74) is 3.79. The number of fused-ring (bicyclic) bond motifs is 1. The van der Waals surface area contributed by atoms with E-state index in [0.29, 0.717) is 44.3 Å². The van der Waals surface area contributed by atoms with E-state index in [1.165, 1.54) is 24.9 Å². The van der Waals surface area contributed by atoms with E-state index in [1.807, 2.05) is 18.2 Å².